The zero-order chi connectivity index (χ0) is 22.5. The Morgan fingerprint density at radius 2 is 1.69 bits per heavy atom. The third kappa shape index (κ3) is 5.49. The molecule has 0 radical (unpaired) electrons. The number of carbonyl (C=O) groups is 2. The van der Waals surface area contributed by atoms with E-state index < -0.39 is 0 Å². The fourth-order valence-electron chi connectivity index (χ4n) is 4.64. The Morgan fingerprint density at radius 3 is 2.38 bits per heavy atom. The first-order valence-corrected chi connectivity index (χ1v) is 11.6. The minimum absolute atomic E-state index is 0.0213. The Hall–Kier alpha value is -2.86. The van der Waals surface area contributed by atoms with Crippen LogP contribution in [0.15, 0.2) is 42.5 Å². The zero-order valence-electron chi connectivity index (χ0n) is 19.1. The van der Waals surface area contributed by atoms with Gasteiger partial charge in [-0.2, -0.15) is 0 Å². The van der Waals surface area contributed by atoms with Crippen molar-refractivity contribution in [3.05, 3.63) is 64.7 Å². The van der Waals surface area contributed by atoms with E-state index in [4.69, 9.17) is 4.74 Å². The number of nitrogens with one attached hydrogen (secondary N) is 1. The van der Waals surface area contributed by atoms with Crippen molar-refractivity contribution >= 4 is 17.5 Å². The molecule has 0 saturated carbocycles. The highest BCUT2D eigenvalue weighted by Gasteiger charge is 2.29. The summed E-state index contributed by atoms with van der Waals surface area (Å²) in [7, 11) is 0. The quantitative estimate of drug-likeness (QED) is 0.783. The molecule has 2 heterocycles. The number of anilines is 1. The van der Waals surface area contributed by atoms with E-state index in [1.807, 2.05) is 30.9 Å². The molecule has 1 N–H and O–H groups in total. The summed E-state index contributed by atoms with van der Waals surface area (Å²) >= 11 is 0. The highest BCUT2D eigenvalue weighted by atomic mass is 16.5. The van der Waals surface area contributed by atoms with Crippen LogP contribution in [0.3, 0.4) is 0 Å². The minimum atomic E-state index is -0.161. The second-order valence-electron chi connectivity index (χ2n) is 8.95. The van der Waals surface area contributed by atoms with E-state index in [-0.39, 0.29) is 17.7 Å². The van der Waals surface area contributed by atoms with E-state index in [0.29, 0.717) is 25.2 Å². The van der Waals surface area contributed by atoms with Crippen molar-refractivity contribution in [3.63, 3.8) is 0 Å². The predicted octanol–water partition coefficient (Wildman–Crippen LogP) is 3.31. The minimum Gasteiger partial charge on any atom is -0.378 e. The first-order valence-electron chi connectivity index (χ1n) is 11.6. The molecule has 170 valence electrons. The van der Waals surface area contributed by atoms with Crippen molar-refractivity contribution < 1.29 is 14.3 Å². The maximum Gasteiger partial charge on any atom is 0.253 e. The van der Waals surface area contributed by atoms with Crippen LogP contribution in [0.2, 0.25) is 0 Å². The standard InChI is InChI=1S/C26H33N3O3/c1-19-14-20(2)16-23(15-19)26(31)29-9-3-4-22(18-29)25(30)27-17-21-5-7-24(8-6-21)28-10-12-32-13-11-28/h5-8,14-16,22H,3-4,9-13,17-18H2,1-2H3,(H,27,30). The zero-order valence-corrected chi connectivity index (χ0v) is 19.1. The van der Waals surface area contributed by atoms with Gasteiger partial charge in [0.1, 0.15) is 0 Å². The molecule has 2 aromatic carbocycles. The van der Waals surface area contributed by atoms with E-state index in [0.717, 1.165) is 55.8 Å². The lowest BCUT2D eigenvalue weighted by molar-refractivity contribution is -0.126. The second-order valence-corrected chi connectivity index (χ2v) is 8.95. The number of benzene rings is 2. The normalized spacial score (nSPS) is 19.0. The summed E-state index contributed by atoms with van der Waals surface area (Å²) < 4.78 is 5.41. The average Bonchev–Trinajstić information content (AvgIpc) is 2.82. The van der Waals surface area contributed by atoms with Crippen molar-refractivity contribution in [1.29, 1.82) is 0 Å². The van der Waals surface area contributed by atoms with Gasteiger partial charge < -0.3 is 19.9 Å². The average molecular weight is 436 g/mol. The van der Waals surface area contributed by atoms with E-state index in [1.54, 1.807) is 0 Å². The van der Waals surface area contributed by atoms with Crippen molar-refractivity contribution in [2.24, 2.45) is 5.92 Å². The maximum atomic E-state index is 13.0. The fourth-order valence-corrected chi connectivity index (χ4v) is 4.64. The van der Waals surface area contributed by atoms with Crippen molar-refractivity contribution in [2.45, 2.75) is 33.2 Å². The van der Waals surface area contributed by atoms with Gasteiger partial charge >= 0.3 is 0 Å². The second kappa shape index (κ2) is 10.2. The molecule has 2 fully saturated rings. The van der Waals surface area contributed by atoms with Crippen molar-refractivity contribution in [1.82, 2.24) is 10.2 Å². The summed E-state index contributed by atoms with van der Waals surface area (Å²) in [6.07, 6.45) is 1.67. The van der Waals surface area contributed by atoms with E-state index in [2.05, 4.69) is 40.5 Å². The number of amides is 2. The van der Waals surface area contributed by atoms with Crippen LogP contribution in [0.4, 0.5) is 5.69 Å². The van der Waals surface area contributed by atoms with Gasteiger partial charge in [-0.3, -0.25) is 9.59 Å². The van der Waals surface area contributed by atoms with Crippen LogP contribution < -0.4 is 10.2 Å². The Morgan fingerprint density at radius 1 is 1.00 bits per heavy atom. The number of hydrogen-bond acceptors (Lipinski definition) is 4. The van der Waals surface area contributed by atoms with Crippen LogP contribution >= 0.6 is 0 Å². The van der Waals surface area contributed by atoms with Crippen LogP contribution in [0.5, 0.6) is 0 Å². The highest BCUT2D eigenvalue weighted by Crippen LogP contribution is 2.21. The molecule has 4 rings (SSSR count). The number of aryl methyl sites for hydroxylation is 2. The van der Waals surface area contributed by atoms with Gasteiger partial charge in [-0.1, -0.05) is 29.3 Å². The molecule has 2 aliphatic heterocycles. The molecule has 0 aliphatic carbocycles. The molecule has 2 aliphatic rings. The monoisotopic (exact) mass is 435 g/mol. The summed E-state index contributed by atoms with van der Waals surface area (Å²) in [4.78, 5) is 30.0. The summed E-state index contributed by atoms with van der Waals surface area (Å²) in [5.41, 5.74) is 5.15. The van der Waals surface area contributed by atoms with Crippen molar-refractivity contribution in [3.8, 4) is 0 Å². The third-order valence-corrected chi connectivity index (χ3v) is 6.33. The number of nitrogens with zero attached hydrogens (tertiary/aromatic N) is 2. The van der Waals surface area contributed by atoms with Crippen LogP contribution in [-0.2, 0) is 16.1 Å². The molecule has 0 bridgehead atoms. The molecular formula is C26H33N3O3. The molecule has 6 heteroatoms. The Balaban J connectivity index is 1.31. The summed E-state index contributed by atoms with van der Waals surface area (Å²) in [5, 5.41) is 3.07. The van der Waals surface area contributed by atoms with Gasteiger partial charge in [-0.25, -0.2) is 0 Å². The van der Waals surface area contributed by atoms with Gasteiger partial charge in [-0.05, 0) is 56.5 Å². The number of likely N-dealkylation sites (tertiary alicyclic amines) is 1. The molecule has 0 aromatic heterocycles. The Kier molecular flexibility index (Phi) is 7.10. The fraction of sp³-hybridized carbons (Fsp3) is 0.462. The number of hydrogen-bond donors (Lipinski definition) is 1. The van der Waals surface area contributed by atoms with E-state index >= 15 is 0 Å². The van der Waals surface area contributed by atoms with Crippen LogP contribution in [0, 0.1) is 19.8 Å². The summed E-state index contributed by atoms with van der Waals surface area (Å²) in [6, 6.07) is 14.3. The smallest absolute Gasteiger partial charge is 0.253 e. The van der Waals surface area contributed by atoms with Gasteiger partial charge in [-0.15, -0.1) is 0 Å². The summed E-state index contributed by atoms with van der Waals surface area (Å²) in [6.45, 7) is 9.05. The molecule has 2 amide bonds. The predicted molar refractivity (Wildman–Crippen MR) is 126 cm³/mol. The van der Waals surface area contributed by atoms with Crippen LogP contribution in [0.25, 0.3) is 0 Å². The van der Waals surface area contributed by atoms with Gasteiger partial charge in [0.25, 0.3) is 5.91 Å². The molecule has 0 spiro atoms. The first-order chi connectivity index (χ1) is 15.5. The Bertz CT molecular complexity index is 931. The molecule has 2 saturated heterocycles. The van der Waals surface area contributed by atoms with Gasteiger partial charge in [0.15, 0.2) is 0 Å². The van der Waals surface area contributed by atoms with Gasteiger partial charge in [0, 0.05) is 44.0 Å². The maximum absolute atomic E-state index is 13.0. The molecule has 2 aromatic rings. The lowest BCUT2D eigenvalue weighted by Gasteiger charge is -2.32. The largest absolute Gasteiger partial charge is 0.378 e. The number of carbonyl (C=O) groups excluding carboxylic acids is 2. The van der Waals surface area contributed by atoms with Crippen LogP contribution in [0.1, 0.15) is 39.9 Å². The molecule has 1 unspecified atom stereocenters. The summed E-state index contributed by atoms with van der Waals surface area (Å²) in [5.74, 6) is -0.112. The van der Waals surface area contributed by atoms with Crippen LogP contribution in [-0.4, -0.2) is 56.1 Å². The number of rotatable bonds is 5. The molecule has 32 heavy (non-hydrogen) atoms. The van der Waals surface area contributed by atoms with E-state index in [1.165, 1.54) is 5.69 Å². The third-order valence-electron chi connectivity index (χ3n) is 6.33. The first kappa shape index (κ1) is 22.3. The molecule has 6 nitrogen and oxygen atoms in total. The van der Waals surface area contributed by atoms with Gasteiger partial charge in [0.2, 0.25) is 5.91 Å². The Labute approximate surface area is 190 Å². The highest BCUT2D eigenvalue weighted by molar-refractivity contribution is 5.95. The number of morpholine rings is 1. The molecule has 1 atom stereocenters. The van der Waals surface area contributed by atoms with Crippen molar-refractivity contribution in [2.75, 3.05) is 44.3 Å². The van der Waals surface area contributed by atoms with Gasteiger partial charge in [0.05, 0.1) is 19.1 Å². The lowest BCUT2D eigenvalue weighted by atomic mass is 9.96. The van der Waals surface area contributed by atoms with E-state index in [9.17, 15) is 9.59 Å². The SMILES string of the molecule is Cc1cc(C)cc(C(=O)N2CCCC(C(=O)NCc3ccc(N4CCOCC4)cc3)C2)c1. The molecular weight excluding hydrogens is 402 g/mol. The number of piperidine rings is 1. The topological polar surface area (TPSA) is 61.9 Å². The number of ether oxygens (including phenoxy) is 1. The lowest BCUT2D eigenvalue weighted by Crippen LogP contribution is -2.45.